The number of aryl methyl sites for hydroxylation is 2. The van der Waals surface area contributed by atoms with Crippen molar-refractivity contribution in [3.63, 3.8) is 0 Å². The van der Waals surface area contributed by atoms with E-state index in [9.17, 15) is 0 Å². The summed E-state index contributed by atoms with van der Waals surface area (Å²) in [7, 11) is 2.08. The van der Waals surface area contributed by atoms with Gasteiger partial charge in [-0.2, -0.15) is 0 Å². The van der Waals surface area contributed by atoms with Gasteiger partial charge in [0.15, 0.2) is 0 Å². The third-order valence-corrected chi connectivity index (χ3v) is 5.49. The molecule has 3 rings (SSSR count). The van der Waals surface area contributed by atoms with Crippen LogP contribution < -0.4 is 10.1 Å². The Bertz CT molecular complexity index is 463. The van der Waals surface area contributed by atoms with Gasteiger partial charge in [-0.3, -0.25) is 0 Å². The first-order chi connectivity index (χ1) is 10.3. The van der Waals surface area contributed by atoms with Crippen LogP contribution in [0.25, 0.3) is 0 Å². The molecule has 2 aliphatic rings. The summed E-state index contributed by atoms with van der Waals surface area (Å²) in [5.41, 5.74) is 3.54. The topological polar surface area (TPSA) is 21.3 Å². The van der Waals surface area contributed by atoms with Gasteiger partial charge in [0, 0.05) is 0 Å². The first-order valence-corrected chi connectivity index (χ1v) is 8.71. The number of benzene rings is 1. The maximum atomic E-state index is 5.72. The molecule has 2 nitrogen and oxygen atoms in total. The zero-order chi connectivity index (χ0) is 14.5. The first kappa shape index (κ1) is 14.9. The zero-order valence-electron chi connectivity index (χ0n) is 13.4. The lowest BCUT2D eigenvalue weighted by atomic mass is 9.77. The van der Waals surface area contributed by atoms with Crippen LogP contribution in [0.4, 0.5) is 0 Å². The second-order valence-electron chi connectivity index (χ2n) is 6.95. The predicted octanol–water partition coefficient (Wildman–Crippen LogP) is 4.11. The number of nitrogens with one attached hydrogen (secondary N) is 1. The maximum absolute atomic E-state index is 5.72. The van der Waals surface area contributed by atoms with Gasteiger partial charge in [0.2, 0.25) is 0 Å². The van der Waals surface area contributed by atoms with Crippen LogP contribution in [0.2, 0.25) is 0 Å². The van der Waals surface area contributed by atoms with Crippen molar-refractivity contribution in [2.24, 2.45) is 5.41 Å². The summed E-state index contributed by atoms with van der Waals surface area (Å²) in [5.74, 6) is 1.12. The van der Waals surface area contributed by atoms with Gasteiger partial charge in [-0.25, -0.2) is 0 Å². The summed E-state index contributed by atoms with van der Waals surface area (Å²) >= 11 is 0. The van der Waals surface area contributed by atoms with Crippen LogP contribution in [-0.2, 0) is 12.8 Å². The molecular formula is C19H29NO. The largest absolute Gasteiger partial charge is 0.493 e. The minimum Gasteiger partial charge on any atom is -0.493 e. The van der Waals surface area contributed by atoms with E-state index < -0.39 is 0 Å². The van der Waals surface area contributed by atoms with Crippen molar-refractivity contribution >= 4 is 0 Å². The molecular weight excluding hydrogens is 258 g/mol. The fourth-order valence-corrected chi connectivity index (χ4v) is 4.12. The minimum atomic E-state index is 0.607. The molecule has 2 heteroatoms. The Balaban J connectivity index is 1.63. The second kappa shape index (κ2) is 6.83. The molecule has 1 fully saturated rings. The van der Waals surface area contributed by atoms with Gasteiger partial charge in [-0.05, 0) is 81.1 Å². The van der Waals surface area contributed by atoms with Crippen LogP contribution in [0.15, 0.2) is 18.2 Å². The molecule has 1 N–H and O–H groups in total. The number of rotatable bonds is 6. The summed E-state index contributed by atoms with van der Waals surface area (Å²) in [6, 6.07) is 6.87. The zero-order valence-corrected chi connectivity index (χ0v) is 13.4. The molecule has 0 radical (unpaired) electrons. The quantitative estimate of drug-likeness (QED) is 0.850. The van der Waals surface area contributed by atoms with Gasteiger partial charge in [0.25, 0.3) is 0 Å². The summed E-state index contributed by atoms with van der Waals surface area (Å²) in [6.07, 6.45) is 12.0. The van der Waals surface area contributed by atoms with E-state index in [1.165, 1.54) is 68.9 Å². The lowest BCUT2D eigenvalue weighted by Gasteiger charge is -2.29. The van der Waals surface area contributed by atoms with E-state index >= 15 is 0 Å². The van der Waals surface area contributed by atoms with E-state index in [0.717, 1.165) is 18.9 Å². The SMILES string of the molecule is CNCCC1(CCc2ccc3c(c2)CCCO3)CCCC1. The highest BCUT2D eigenvalue weighted by Gasteiger charge is 2.32. The number of fused-ring (bicyclic) bond motifs is 1. The molecule has 21 heavy (non-hydrogen) atoms. The Morgan fingerprint density at radius 2 is 2.00 bits per heavy atom. The smallest absolute Gasteiger partial charge is 0.122 e. The van der Waals surface area contributed by atoms with Crippen molar-refractivity contribution in [3.05, 3.63) is 29.3 Å². The molecule has 116 valence electrons. The van der Waals surface area contributed by atoms with E-state index in [1.807, 2.05) is 0 Å². The van der Waals surface area contributed by atoms with Crippen molar-refractivity contribution in [1.29, 1.82) is 0 Å². The second-order valence-corrected chi connectivity index (χ2v) is 6.95. The van der Waals surface area contributed by atoms with E-state index in [2.05, 4.69) is 30.6 Å². The summed E-state index contributed by atoms with van der Waals surface area (Å²) < 4.78 is 5.72. The van der Waals surface area contributed by atoms with Crippen LogP contribution in [-0.4, -0.2) is 20.2 Å². The van der Waals surface area contributed by atoms with Gasteiger partial charge < -0.3 is 10.1 Å². The summed E-state index contributed by atoms with van der Waals surface area (Å²) in [6.45, 7) is 2.05. The van der Waals surface area contributed by atoms with Crippen molar-refractivity contribution in [2.75, 3.05) is 20.2 Å². The molecule has 0 aromatic heterocycles. The van der Waals surface area contributed by atoms with Crippen LogP contribution >= 0.6 is 0 Å². The Hall–Kier alpha value is -1.02. The highest BCUT2D eigenvalue weighted by atomic mass is 16.5. The van der Waals surface area contributed by atoms with Gasteiger partial charge in [-0.1, -0.05) is 25.0 Å². The molecule has 0 unspecified atom stereocenters. The van der Waals surface area contributed by atoms with Crippen LogP contribution in [0.1, 0.15) is 56.1 Å². The number of hydrogen-bond acceptors (Lipinski definition) is 2. The van der Waals surface area contributed by atoms with Crippen molar-refractivity contribution in [2.45, 2.75) is 57.8 Å². The first-order valence-electron chi connectivity index (χ1n) is 8.71. The Labute approximate surface area is 129 Å². The molecule has 1 saturated carbocycles. The van der Waals surface area contributed by atoms with Crippen molar-refractivity contribution in [1.82, 2.24) is 5.32 Å². The molecule has 1 aliphatic carbocycles. The average Bonchev–Trinajstić information content (AvgIpc) is 3.00. The maximum Gasteiger partial charge on any atom is 0.122 e. The van der Waals surface area contributed by atoms with E-state index in [4.69, 9.17) is 4.74 Å². The molecule has 0 bridgehead atoms. The third-order valence-electron chi connectivity index (χ3n) is 5.49. The Morgan fingerprint density at radius 1 is 1.14 bits per heavy atom. The number of ether oxygens (including phenoxy) is 1. The number of hydrogen-bond donors (Lipinski definition) is 1. The molecule has 0 saturated heterocycles. The third kappa shape index (κ3) is 3.60. The van der Waals surface area contributed by atoms with E-state index in [-0.39, 0.29) is 0 Å². The van der Waals surface area contributed by atoms with Crippen LogP contribution in [0.5, 0.6) is 5.75 Å². The Kier molecular flexibility index (Phi) is 4.84. The van der Waals surface area contributed by atoms with E-state index in [0.29, 0.717) is 5.41 Å². The van der Waals surface area contributed by atoms with Gasteiger partial charge in [0.05, 0.1) is 6.61 Å². The summed E-state index contributed by atoms with van der Waals surface area (Å²) in [4.78, 5) is 0. The summed E-state index contributed by atoms with van der Waals surface area (Å²) in [5, 5.41) is 3.34. The molecule has 1 heterocycles. The predicted molar refractivity (Wildman–Crippen MR) is 88.0 cm³/mol. The molecule has 1 aromatic rings. The van der Waals surface area contributed by atoms with Crippen LogP contribution in [0, 0.1) is 5.41 Å². The highest BCUT2D eigenvalue weighted by Crippen LogP contribution is 2.44. The monoisotopic (exact) mass is 287 g/mol. The lowest BCUT2D eigenvalue weighted by molar-refractivity contribution is 0.247. The molecule has 1 aliphatic heterocycles. The highest BCUT2D eigenvalue weighted by molar-refractivity contribution is 5.38. The van der Waals surface area contributed by atoms with Gasteiger partial charge in [-0.15, -0.1) is 0 Å². The standard InChI is InChI=1S/C19H29NO/c1-20-13-12-19(9-2-3-10-19)11-8-16-6-7-18-17(15-16)5-4-14-21-18/h6-7,15,20H,2-5,8-14H2,1H3. The average molecular weight is 287 g/mol. The molecule has 0 spiro atoms. The fourth-order valence-electron chi connectivity index (χ4n) is 4.12. The van der Waals surface area contributed by atoms with Crippen molar-refractivity contribution in [3.8, 4) is 5.75 Å². The minimum absolute atomic E-state index is 0.607. The van der Waals surface area contributed by atoms with Crippen LogP contribution in [0.3, 0.4) is 0 Å². The lowest BCUT2D eigenvalue weighted by Crippen LogP contribution is -2.23. The normalized spacial score (nSPS) is 20.0. The molecule has 0 amide bonds. The fraction of sp³-hybridized carbons (Fsp3) is 0.684. The molecule has 0 atom stereocenters. The van der Waals surface area contributed by atoms with Gasteiger partial charge >= 0.3 is 0 Å². The van der Waals surface area contributed by atoms with Gasteiger partial charge in [0.1, 0.15) is 5.75 Å². The Morgan fingerprint density at radius 3 is 2.81 bits per heavy atom. The van der Waals surface area contributed by atoms with Crippen molar-refractivity contribution < 1.29 is 4.74 Å². The molecule has 1 aromatic carbocycles. The van der Waals surface area contributed by atoms with E-state index in [1.54, 1.807) is 0 Å².